The molecule has 184 valence electrons. The van der Waals surface area contributed by atoms with E-state index in [4.69, 9.17) is 5.11 Å². The van der Waals surface area contributed by atoms with Crippen molar-refractivity contribution >= 4 is 29.4 Å². The van der Waals surface area contributed by atoms with Gasteiger partial charge in [0, 0.05) is 24.0 Å². The van der Waals surface area contributed by atoms with Crippen LogP contribution in [0, 0.1) is 11.8 Å². The third-order valence-electron chi connectivity index (χ3n) is 6.99. The van der Waals surface area contributed by atoms with E-state index in [9.17, 15) is 14.4 Å². The van der Waals surface area contributed by atoms with Crippen LogP contribution in [0.4, 0.5) is 16.3 Å². The average molecular weight is 485 g/mol. The summed E-state index contributed by atoms with van der Waals surface area (Å²) in [5.74, 6) is 0.129. The number of nitrogens with zero attached hydrogens (tertiary/aromatic N) is 2. The third-order valence-corrected chi connectivity index (χ3v) is 6.99. The van der Waals surface area contributed by atoms with Crippen LogP contribution in [0.25, 0.3) is 11.1 Å². The van der Waals surface area contributed by atoms with Crippen molar-refractivity contribution in [2.45, 2.75) is 32.2 Å². The second kappa shape index (κ2) is 9.45. The van der Waals surface area contributed by atoms with Crippen molar-refractivity contribution in [2.75, 3.05) is 17.2 Å². The first-order valence-electron chi connectivity index (χ1n) is 12.1. The normalized spacial score (nSPS) is 20.1. The number of nitrogens with one attached hydrogen (secondary N) is 2. The molecular weight excluding hydrogens is 456 g/mol. The number of hydrogen-bond acceptors (Lipinski definition) is 4. The zero-order valence-corrected chi connectivity index (χ0v) is 20.1. The van der Waals surface area contributed by atoms with E-state index in [1.807, 2.05) is 30.3 Å². The molecule has 8 nitrogen and oxygen atoms in total. The maximum absolute atomic E-state index is 13.2. The fourth-order valence-corrected chi connectivity index (χ4v) is 4.80. The first-order chi connectivity index (χ1) is 17.3. The Morgan fingerprint density at radius 3 is 2.25 bits per heavy atom. The number of piperidine rings is 1. The van der Waals surface area contributed by atoms with Crippen LogP contribution in [0.2, 0.25) is 0 Å². The minimum absolute atomic E-state index is 0.172. The van der Waals surface area contributed by atoms with Crippen molar-refractivity contribution in [2.24, 2.45) is 11.8 Å². The van der Waals surface area contributed by atoms with Gasteiger partial charge in [-0.1, -0.05) is 38.1 Å². The molecule has 3 N–H and O–H groups in total. The van der Waals surface area contributed by atoms with Gasteiger partial charge in [0.1, 0.15) is 11.9 Å². The Balaban J connectivity index is 1.23. The maximum atomic E-state index is 13.2. The molecule has 3 atom stereocenters. The number of amides is 3. The lowest BCUT2D eigenvalue weighted by Gasteiger charge is -2.27. The van der Waals surface area contributed by atoms with Gasteiger partial charge < -0.3 is 20.6 Å². The molecule has 5 rings (SSSR count). The number of carboxylic acid groups (broad SMARTS) is 1. The smallest absolute Gasteiger partial charge is 0.335 e. The summed E-state index contributed by atoms with van der Waals surface area (Å²) in [6, 6.07) is 17.0. The minimum atomic E-state index is -0.977. The molecule has 0 spiro atoms. The van der Waals surface area contributed by atoms with Crippen LogP contribution in [0.1, 0.15) is 42.1 Å². The summed E-state index contributed by atoms with van der Waals surface area (Å²) >= 11 is 0. The van der Waals surface area contributed by atoms with Crippen molar-refractivity contribution in [3.05, 3.63) is 78.0 Å². The number of urea groups is 1. The molecule has 2 heterocycles. The van der Waals surface area contributed by atoms with Gasteiger partial charge in [0.25, 0.3) is 0 Å². The monoisotopic (exact) mass is 484 g/mol. The van der Waals surface area contributed by atoms with Gasteiger partial charge >= 0.3 is 12.0 Å². The first-order valence-corrected chi connectivity index (χ1v) is 12.1. The van der Waals surface area contributed by atoms with Crippen molar-refractivity contribution in [1.29, 1.82) is 0 Å². The van der Waals surface area contributed by atoms with Crippen molar-refractivity contribution in [3.8, 4) is 11.1 Å². The van der Waals surface area contributed by atoms with Crippen LogP contribution in [0.3, 0.4) is 0 Å². The number of likely N-dealkylation sites (tertiary alicyclic amines) is 1. The molecule has 1 aromatic heterocycles. The highest BCUT2D eigenvalue weighted by Gasteiger charge is 2.57. The Hall–Kier alpha value is -4.20. The lowest BCUT2D eigenvalue weighted by molar-refractivity contribution is -0.120. The van der Waals surface area contributed by atoms with Crippen LogP contribution in [-0.4, -0.2) is 45.5 Å². The lowest BCUT2D eigenvalue weighted by Crippen LogP contribution is -2.47. The van der Waals surface area contributed by atoms with Crippen molar-refractivity contribution < 1.29 is 19.5 Å². The topological polar surface area (TPSA) is 112 Å². The number of anilines is 2. The van der Waals surface area contributed by atoms with E-state index in [0.29, 0.717) is 29.9 Å². The SMILES string of the molecule is CC(C)c1ccc(NC(=O)N2C[C@H]3C[C@H]3[C@@H]2C(=O)Nc2ccc(-c3ccc(C(=O)O)cc3)cn2)cc1. The number of pyridine rings is 1. The van der Waals surface area contributed by atoms with Crippen molar-refractivity contribution in [1.82, 2.24) is 9.88 Å². The van der Waals surface area contributed by atoms with Gasteiger partial charge in [-0.15, -0.1) is 0 Å². The van der Waals surface area contributed by atoms with Gasteiger partial charge in [-0.2, -0.15) is 0 Å². The maximum Gasteiger partial charge on any atom is 0.335 e. The van der Waals surface area contributed by atoms with Gasteiger partial charge in [0.15, 0.2) is 0 Å². The molecule has 1 aliphatic heterocycles. The fraction of sp³-hybridized carbons (Fsp3) is 0.286. The van der Waals surface area contributed by atoms with Crippen molar-refractivity contribution in [3.63, 3.8) is 0 Å². The largest absolute Gasteiger partial charge is 0.478 e. The number of fused-ring (bicyclic) bond motifs is 1. The predicted octanol–water partition coefficient (Wildman–Crippen LogP) is 5.06. The van der Waals surface area contributed by atoms with E-state index >= 15 is 0 Å². The molecule has 1 saturated heterocycles. The molecule has 8 heteroatoms. The zero-order valence-electron chi connectivity index (χ0n) is 20.1. The summed E-state index contributed by atoms with van der Waals surface area (Å²) in [4.78, 5) is 43.2. The summed E-state index contributed by atoms with van der Waals surface area (Å²) in [5, 5.41) is 14.8. The average Bonchev–Trinajstić information content (AvgIpc) is 3.53. The number of benzene rings is 2. The standard InChI is InChI=1S/C28H28N4O4/c1-16(2)17-7-10-22(11-8-17)30-28(36)32-15-21-13-23(21)25(32)26(33)31-24-12-9-20(14-29-24)18-3-5-19(6-4-18)27(34)35/h3-12,14,16,21,23,25H,13,15H2,1-2H3,(H,30,36)(H,34,35)(H,29,31,33)/t21-,23-,25-/m1/s1. The van der Waals surface area contributed by atoms with E-state index in [2.05, 4.69) is 29.5 Å². The van der Waals surface area contributed by atoms with E-state index < -0.39 is 12.0 Å². The van der Waals surface area contributed by atoms with Gasteiger partial charge in [0.2, 0.25) is 5.91 Å². The summed E-state index contributed by atoms with van der Waals surface area (Å²) in [6.45, 7) is 4.81. The molecule has 36 heavy (non-hydrogen) atoms. The van der Waals surface area contributed by atoms with Crippen LogP contribution >= 0.6 is 0 Å². The summed E-state index contributed by atoms with van der Waals surface area (Å²) in [5.41, 5.74) is 3.75. The Bertz CT molecular complexity index is 1290. The van der Waals surface area contributed by atoms with Crippen LogP contribution in [-0.2, 0) is 4.79 Å². The third kappa shape index (κ3) is 4.79. The highest BCUT2D eigenvalue weighted by molar-refractivity contribution is 6.00. The second-order valence-electron chi connectivity index (χ2n) is 9.77. The lowest BCUT2D eigenvalue weighted by atomic mass is 10.0. The Labute approximate surface area is 209 Å². The van der Waals surface area contributed by atoms with E-state index in [1.165, 1.54) is 17.7 Å². The number of hydrogen-bond donors (Lipinski definition) is 3. The number of aromatic nitrogens is 1. The number of carboxylic acids is 1. The molecule has 0 radical (unpaired) electrons. The molecule has 2 aromatic carbocycles. The molecule has 1 aliphatic carbocycles. The number of carbonyl (C=O) groups is 3. The van der Waals surface area contributed by atoms with Crippen LogP contribution in [0.5, 0.6) is 0 Å². The Morgan fingerprint density at radius 1 is 0.944 bits per heavy atom. The molecule has 0 bridgehead atoms. The highest BCUT2D eigenvalue weighted by atomic mass is 16.4. The molecule has 1 saturated carbocycles. The molecule has 3 aromatic rings. The van der Waals surface area contributed by atoms with E-state index in [-0.39, 0.29) is 23.4 Å². The summed E-state index contributed by atoms with van der Waals surface area (Å²) in [6.07, 6.45) is 2.58. The van der Waals surface area contributed by atoms with E-state index in [1.54, 1.807) is 29.3 Å². The van der Waals surface area contributed by atoms with Gasteiger partial charge in [-0.3, -0.25) is 4.79 Å². The van der Waals surface area contributed by atoms with E-state index in [0.717, 1.165) is 17.5 Å². The zero-order chi connectivity index (χ0) is 25.4. The first kappa shape index (κ1) is 23.5. The molecule has 3 amide bonds. The molecule has 2 aliphatic rings. The molecule has 0 unspecified atom stereocenters. The predicted molar refractivity (Wildman–Crippen MR) is 137 cm³/mol. The van der Waals surface area contributed by atoms with Crippen LogP contribution < -0.4 is 10.6 Å². The number of aromatic carboxylic acids is 1. The van der Waals surface area contributed by atoms with Gasteiger partial charge in [-0.25, -0.2) is 14.6 Å². The quantitative estimate of drug-likeness (QED) is 0.453. The van der Waals surface area contributed by atoms with Gasteiger partial charge in [-0.05, 0) is 71.7 Å². The number of carbonyl (C=O) groups excluding carboxylic acids is 2. The Kier molecular flexibility index (Phi) is 6.18. The van der Waals surface area contributed by atoms with Gasteiger partial charge in [0.05, 0.1) is 5.56 Å². The summed E-state index contributed by atoms with van der Waals surface area (Å²) < 4.78 is 0. The summed E-state index contributed by atoms with van der Waals surface area (Å²) in [7, 11) is 0. The molecular formula is C28H28N4O4. The second-order valence-corrected chi connectivity index (χ2v) is 9.77. The minimum Gasteiger partial charge on any atom is -0.478 e. The number of rotatable bonds is 6. The van der Waals surface area contributed by atoms with Crippen LogP contribution in [0.15, 0.2) is 66.9 Å². The highest BCUT2D eigenvalue weighted by Crippen LogP contribution is 2.50. The Morgan fingerprint density at radius 2 is 1.64 bits per heavy atom. The molecule has 2 fully saturated rings. The fourth-order valence-electron chi connectivity index (χ4n) is 4.80.